The number of oxime groups is 1. The van der Waals surface area contributed by atoms with Gasteiger partial charge in [-0.2, -0.15) is 0 Å². The normalized spacial score (nSPS) is 10.8. The fourth-order valence-corrected chi connectivity index (χ4v) is 1.80. The molecule has 0 aromatic heterocycles. The molecule has 2 aromatic carbocycles. The summed E-state index contributed by atoms with van der Waals surface area (Å²) in [4.78, 5) is 27.4. The van der Waals surface area contributed by atoms with Gasteiger partial charge in [-0.15, -0.1) is 0 Å². The van der Waals surface area contributed by atoms with E-state index in [9.17, 15) is 9.59 Å². The molecule has 0 radical (unpaired) electrons. The summed E-state index contributed by atoms with van der Waals surface area (Å²) in [5.74, 6) is -0.130. The molecule has 0 aliphatic carbocycles. The number of carbonyl (C=O) groups is 2. The first-order valence-corrected chi connectivity index (χ1v) is 7.20. The summed E-state index contributed by atoms with van der Waals surface area (Å²) in [6.07, 6.45) is 0. The SMILES string of the molecule is COc1ccc(C(=O)O/N=C(\N)c2ccc(OCC(N)=O)cc2)cc1. The van der Waals surface area contributed by atoms with Crippen LogP contribution in [-0.4, -0.2) is 31.4 Å². The molecule has 2 rings (SSSR count). The first-order valence-electron chi connectivity index (χ1n) is 7.20. The lowest BCUT2D eigenvalue weighted by atomic mass is 10.2. The monoisotopic (exact) mass is 343 g/mol. The lowest BCUT2D eigenvalue weighted by molar-refractivity contribution is -0.119. The molecule has 0 saturated carbocycles. The summed E-state index contributed by atoms with van der Waals surface area (Å²) in [6, 6.07) is 12.8. The van der Waals surface area contributed by atoms with Gasteiger partial charge in [0.15, 0.2) is 12.4 Å². The van der Waals surface area contributed by atoms with Crippen LogP contribution in [0.2, 0.25) is 0 Å². The molecular weight excluding hydrogens is 326 g/mol. The number of hydrogen-bond acceptors (Lipinski definition) is 6. The van der Waals surface area contributed by atoms with E-state index in [1.54, 1.807) is 48.5 Å². The third-order valence-electron chi connectivity index (χ3n) is 3.08. The van der Waals surface area contributed by atoms with Crippen molar-refractivity contribution in [3.63, 3.8) is 0 Å². The molecule has 0 aliphatic rings. The molecule has 0 fully saturated rings. The minimum atomic E-state index is -0.646. The van der Waals surface area contributed by atoms with Gasteiger partial charge in [0, 0.05) is 5.56 Å². The average molecular weight is 343 g/mol. The summed E-state index contributed by atoms with van der Waals surface area (Å²) in [5, 5.41) is 3.62. The first-order chi connectivity index (χ1) is 12.0. The standard InChI is InChI=1S/C17H17N3O5/c1-23-13-6-4-12(5-7-13)17(22)25-20-16(19)11-2-8-14(9-3-11)24-10-15(18)21/h2-9H,10H2,1H3,(H2,18,21)(H2,19,20). The summed E-state index contributed by atoms with van der Waals surface area (Å²) in [6.45, 7) is -0.220. The molecule has 8 nitrogen and oxygen atoms in total. The van der Waals surface area contributed by atoms with E-state index in [1.807, 2.05) is 0 Å². The van der Waals surface area contributed by atoms with Gasteiger partial charge in [-0.25, -0.2) is 4.79 Å². The highest BCUT2D eigenvalue weighted by atomic mass is 16.7. The quantitative estimate of drug-likeness (QED) is 0.335. The molecule has 0 saturated heterocycles. The van der Waals surface area contributed by atoms with Crippen LogP contribution in [0.5, 0.6) is 11.5 Å². The fraction of sp³-hybridized carbons (Fsp3) is 0.118. The van der Waals surface area contributed by atoms with Crippen LogP contribution in [0.4, 0.5) is 0 Å². The number of rotatable bonds is 7. The molecule has 130 valence electrons. The lowest BCUT2D eigenvalue weighted by Crippen LogP contribution is -2.20. The summed E-state index contributed by atoms with van der Waals surface area (Å²) >= 11 is 0. The van der Waals surface area contributed by atoms with E-state index in [1.165, 1.54) is 7.11 Å². The second kappa shape index (κ2) is 8.34. The summed E-state index contributed by atoms with van der Waals surface area (Å²) in [5.41, 5.74) is 11.6. The highest BCUT2D eigenvalue weighted by Crippen LogP contribution is 2.13. The van der Waals surface area contributed by atoms with Crippen LogP contribution in [0, 0.1) is 0 Å². The van der Waals surface area contributed by atoms with Crippen LogP contribution in [0.25, 0.3) is 0 Å². The predicted molar refractivity (Wildman–Crippen MR) is 90.3 cm³/mol. The van der Waals surface area contributed by atoms with Gasteiger partial charge in [0.25, 0.3) is 5.91 Å². The number of primary amides is 1. The molecule has 0 aliphatic heterocycles. The minimum absolute atomic E-state index is 0.0170. The maximum absolute atomic E-state index is 11.9. The average Bonchev–Trinajstić information content (AvgIpc) is 2.64. The van der Waals surface area contributed by atoms with Crippen LogP contribution in [0.1, 0.15) is 15.9 Å². The maximum Gasteiger partial charge on any atom is 0.365 e. The van der Waals surface area contributed by atoms with Crippen molar-refractivity contribution in [1.29, 1.82) is 0 Å². The highest BCUT2D eigenvalue weighted by Gasteiger charge is 2.08. The Kier molecular flexibility index (Phi) is 5.94. The number of nitrogens with two attached hydrogens (primary N) is 2. The Morgan fingerprint density at radius 1 is 0.920 bits per heavy atom. The number of benzene rings is 2. The van der Waals surface area contributed by atoms with Crippen molar-refractivity contribution in [3.05, 3.63) is 59.7 Å². The zero-order valence-corrected chi connectivity index (χ0v) is 13.5. The molecule has 4 N–H and O–H groups in total. The zero-order valence-electron chi connectivity index (χ0n) is 13.5. The van der Waals surface area contributed by atoms with Crippen molar-refractivity contribution in [1.82, 2.24) is 0 Å². The third kappa shape index (κ3) is 5.24. The van der Waals surface area contributed by atoms with Gasteiger partial charge in [-0.1, -0.05) is 5.16 Å². The largest absolute Gasteiger partial charge is 0.497 e. The maximum atomic E-state index is 11.9. The van der Waals surface area contributed by atoms with E-state index in [2.05, 4.69) is 5.16 Å². The van der Waals surface area contributed by atoms with Crippen molar-refractivity contribution in [2.45, 2.75) is 0 Å². The zero-order chi connectivity index (χ0) is 18.2. The van der Waals surface area contributed by atoms with Crippen LogP contribution in [-0.2, 0) is 9.63 Å². The summed E-state index contributed by atoms with van der Waals surface area (Å²) in [7, 11) is 1.53. The fourth-order valence-electron chi connectivity index (χ4n) is 1.80. The van der Waals surface area contributed by atoms with E-state index >= 15 is 0 Å². The number of ether oxygens (including phenoxy) is 2. The van der Waals surface area contributed by atoms with Crippen LogP contribution in [0.3, 0.4) is 0 Å². The van der Waals surface area contributed by atoms with Crippen LogP contribution < -0.4 is 20.9 Å². The van der Waals surface area contributed by atoms with E-state index in [-0.39, 0.29) is 12.4 Å². The minimum Gasteiger partial charge on any atom is -0.497 e. The molecule has 0 spiro atoms. The van der Waals surface area contributed by atoms with E-state index in [0.717, 1.165) is 0 Å². The smallest absolute Gasteiger partial charge is 0.365 e. The van der Waals surface area contributed by atoms with E-state index in [4.69, 9.17) is 25.8 Å². The third-order valence-corrected chi connectivity index (χ3v) is 3.08. The number of nitrogens with zero attached hydrogens (tertiary/aromatic N) is 1. The lowest BCUT2D eigenvalue weighted by Gasteiger charge is -2.05. The number of hydrogen-bond donors (Lipinski definition) is 2. The number of carbonyl (C=O) groups excluding carboxylic acids is 2. The molecule has 25 heavy (non-hydrogen) atoms. The second-order valence-corrected chi connectivity index (χ2v) is 4.86. The van der Waals surface area contributed by atoms with Crippen molar-refractivity contribution in [3.8, 4) is 11.5 Å². The summed E-state index contributed by atoms with van der Waals surface area (Å²) < 4.78 is 10.1. The van der Waals surface area contributed by atoms with Gasteiger partial charge in [0.2, 0.25) is 0 Å². The van der Waals surface area contributed by atoms with Gasteiger partial charge < -0.3 is 25.8 Å². The van der Waals surface area contributed by atoms with Gasteiger partial charge in [0.1, 0.15) is 11.5 Å². The Morgan fingerprint density at radius 2 is 1.48 bits per heavy atom. The molecule has 2 aromatic rings. The van der Waals surface area contributed by atoms with Gasteiger partial charge in [-0.05, 0) is 48.5 Å². The van der Waals surface area contributed by atoms with Crippen molar-refractivity contribution in [2.24, 2.45) is 16.6 Å². The van der Waals surface area contributed by atoms with Gasteiger partial charge in [-0.3, -0.25) is 4.79 Å². The number of amidine groups is 1. The Morgan fingerprint density at radius 3 is 2.04 bits per heavy atom. The molecule has 0 bridgehead atoms. The van der Waals surface area contributed by atoms with Crippen LogP contribution in [0.15, 0.2) is 53.7 Å². The molecule has 0 unspecified atom stereocenters. The Bertz CT molecular complexity index is 770. The first kappa shape index (κ1) is 17.8. The molecule has 0 atom stereocenters. The Balaban J connectivity index is 1.97. The second-order valence-electron chi connectivity index (χ2n) is 4.86. The number of amides is 1. The van der Waals surface area contributed by atoms with E-state index < -0.39 is 11.9 Å². The van der Waals surface area contributed by atoms with Crippen molar-refractivity contribution >= 4 is 17.7 Å². The van der Waals surface area contributed by atoms with Crippen molar-refractivity contribution < 1.29 is 23.9 Å². The molecule has 0 heterocycles. The highest BCUT2D eigenvalue weighted by molar-refractivity contribution is 5.98. The van der Waals surface area contributed by atoms with Crippen molar-refractivity contribution in [2.75, 3.05) is 13.7 Å². The van der Waals surface area contributed by atoms with Gasteiger partial charge >= 0.3 is 5.97 Å². The Labute approximate surface area is 144 Å². The molecular formula is C17H17N3O5. The van der Waals surface area contributed by atoms with E-state index in [0.29, 0.717) is 22.6 Å². The molecule has 8 heteroatoms. The number of methoxy groups -OCH3 is 1. The Hall–Kier alpha value is -3.55. The topological polar surface area (TPSA) is 126 Å². The molecule has 1 amide bonds. The van der Waals surface area contributed by atoms with Crippen LogP contribution >= 0.6 is 0 Å². The van der Waals surface area contributed by atoms with Gasteiger partial charge in [0.05, 0.1) is 12.7 Å². The predicted octanol–water partition coefficient (Wildman–Crippen LogP) is 1.04.